The first-order valence-corrected chi connectivity index (χ1v) is 6.73. The third kappa shape index (κ3) is 5.75. The van der Waals surface area contributed by atoms with Gasteiger partial charge >= 0.3 is 6.03 Å². The van der Waals surface area contributed by atoms with Crippen LogP contribution in [0.4, 0.5) is 4.79 Å². The van der Waals surface area contributed by atoms with E-state index >= 15 is 0 Å². The molecule has 0 aliphatic rings. The molecule has 106 valence electrons. The van der Waals surface area contributed by atoms with Gasteiger partial charge < -0.3 is 15.7 Å². The van der Waals surface area contributed by atoms with Crippen molar-refractivity contribution in [1.29, 1.82) is 0 Å². The molecule has 1 aromatic rings. The summed E-state index contributed by atoms with van der Waals surface area (Å²) in [6.07, 6.45) is 0.579. The highest BCUT2D eigenvalue weighted by atomic mass is 16.3. The van der Waals surface area contributed by atoms with Crippen molar-refractivity contribution in [3.8, 4) is 0 Å². The van der Waals surface area contributed by atoms with Crippen LogP contribution in [-0.4, -0.2) is 23.8 Å². The third-order valence-corrected chi connectivity index (χ3v) is 3.10. The second-order valence-electron chi connectivity index (χ2n) is 5.18. The molecule has 1 rings (SSSR count). The summed E-state index contributed by atoms with van der Waals surface area (Å²) in [4.78, 5) is 11.8. The normalized spacial score (nSPS) is 12.3. The van der Waals surface area contributed by atoms with Gasteiger partial charge in [-0.1, -0.05) is 43.7 Å². The second-order valence-corrected chi connectivity index (χ2v) is 5.18. The maximum atomic E-state index is 11.8. The molecule has 0 saturated carbocycles. The Hall–Kier alpha value is -1.55. The molecule has 1 aromatic carbocycles. The first-order chi connectivity index (χ1) is 9.02. The molecule has 0 fully saturated rings. The lowest BCUT2D eigenvalue weighted by molar-refractivity contribution is 0.218. The van der Waals surface area contributed by atoms with Crippen LogP contribution in [0.15, 0.2) is 24.3 Å². The van der Waals surface area contributed by atoms with Crippen molar-refractivity contribution in [1.82, 2.24) is 10.6 Å². The Labute approximate surface area is 115 Å². The van der Waals surface area contributed by atoms with Crippen molar-refractivity contribution < 1.29 is 9.90 Å². The summed E-state index contributed by atoms with van der Waals surface area (Å²) in [7, 11) is 0. The summed E-state index contributed by atoms with van der Waals surface area (Å²) in [5.74, 6) is 0.303. The Bertz CT molecular complexity index is 405. The highest BCUT2D eigenvalue weighted by Gasteiger charge is 2.15. The summed E-state index contributed by atoms with van der Waals surface area (Å²) >= 11 is 0. The van der Waals surface area contributed by atoms with E-state index < -0.39 is 0 Å². The molecule has 0 spiro atoms. The topological polar surface area (TPSA) is 61.4 Å². The van der Waals surface area contributed by atoms with Crippen molar-refractivity contribution in [3.63, 3.8) is 0 Å². The smallest absolute Gasteiger partial charge is 0.315 e. The fourth-order valence-corrected chi connectivity index (χ4v) is 1.94. The molecule has 1 atom stereocenters. The maximum absolute atomic E-state index is 11.8. The molecule has 0 saturated heterocycles. The molecule has 1 unspecified atom stereocenters. The van der Waals surface area contributed by atoms with Crippen LogP contribution in [0, 0.1) is 12.8 Å². The van der Waals surface area contributed by atoms with Gasteiger partial charge in [0.2, 0.25) is 0 Å². The number of carbonyl (C=O) groups excluding carboxylic acids is 1. The molecular weight excluding hydrogens is 240 g/mol. The first kappa shape index (κ1) is 15.5. The molecule has 2 amide bonds. The number of hydrogen-bond acceptors (Lipinski definition) is 2. The van der Waals surface area contributed by atoms with E-state index in [1.165, 1.54) is 5.56 Å². The molecule has 0 aliphatic carbocycles. The van der Waals surface area contributed by atoms with Crippen LogP contribution < -0.4 is 10.6 Å². The number of nitrogens with one attached hydrogen (secondary N) is 2. The fraction of sp³-hybridized carbons (Fsp3) is 0.533. The summed E-state index contributed by atoms with van der Waals surface area (Å²) in [5.41, 5.74) is 2.26. The van der Waals surface area contributed by atoms with Crippen molar-refractivity contribution in [2.45, 2.75) is 39.8 Å². The largest absolute Gasteiger partial charge is 0.396 e. The molecule has 19 heavy (non-hydrogen) atoms. The summed E-state index contributed by atoms with van der Waals surface area (Å²) in [6, 6.07) is 7.86. The molecule has 4 heteroatoms. The average molecular weight is 264 g/mol. The third-order valence-electron chi connectivity index (χ3n) is 3.10. The van der Waals surface area contributed by atoms with E-state index in [1.54, 1.807) is 0 Å². The molecule has 0 radical (unpaired) electrons. The van der Waals surface area contributed by atoms with Gasteiger partial charge in [-0.25, -0.2) is 4.79 Å². The summed E-state index contributed by atoms with van der Waals surface area (Å²) < 4.78 is 0. The number of hydrogen-bond donors (Lipinski definition) is 3. The maximum Gasteiger partial charge on any atom is 0.315 e. The molecule has 3 N–H and O–H groups in total. The van der Waals surface area contributed by atoms with Gasteiger partial charge in [0.15, 0.2) is 0 Å². The van der Waals surface area contributed by atoms with E-state index in [0.717, 1.165) is 5.56 Å². The SMILES string of the molecule is Cc1cccc(CNC(=O)NC(CCO)C(C)C)c1. The Balaban J connectivity index is 2.42. The molecule has 0 aromatic heterocycles. The molecule has 0 aliphatic heterocycles. The minimum atomic E-state index is -0.186. The minimum Gasteiger partial charge on any atom is -0.396 e. The molecule has 0 heterocycles. The number of benzene rings is 1. The van der Waals surface area contributed by atoms with Gasteiger partial charge in [0, 0.05) is 19.2 Å². The van der Waals surface area contributed by atoms with E-state index in [2.05, 4.69) is 10.6 Å². The Kier molecular flexibility index (Phi) is 6.36. The highest BCUT2D eigenvalue weighted by molar-refractivity contribution is 5.74. The Morgan fingerprint density at radius 3 is 2.68 bits per heavy atom. The van der Waals surface area contributed by atoms with Gasteiger partial charge in [0.05, 0.1) is 0 Å². The Morgan fingerprint density at radius 2 is 2.11 bits per heavy atom. The van der Waals surface area contributed by atoms with E-state index in [9.17, 15) is 4.79 Å². The van der Waals surface area contributed by atoms with Gasteiger partial charge in [-0.15, -0.1) is 0 Å². The van der Waals surface area contributed by atoms with E-state index in [0.29, 0.717) is 18.9 Å². The van der Waals surface area contributed by atoms with E-state index in [4.69, 9.17) is 5.11 Å². The average Bonchev–Trinajstić information content (AvgIpc) is 2.36. The predicted octanol–water partition coefficient (Wildman–Crippen LogP) is 2.20. The van der Waals surface area contributed by atoms with Gasteiger partial charge in [-0.3, -0.25) is 0 Å². The van der Waals surface area contributed by atoms with Gasteiger partial charge in [-0.2, -0.15) is 0 Å². The molecule has 4 nitrogen and oxygen atoms in total. The number of carbonyl (C=O) groups is 1. The van der Waals surface area contributed by atoms with Crippen LogP contribution in [0.25, 0.3) is 0 Å². The van der Waals surface area contributed by atoms with Crippen molar-refractivity contribution in [3.05, 3.63) is 35.4 Å². The minimum absolute atomic E-state index is 0.00232. The molecular formula is C15H24N2O2. The van der Waals surface area contributed by atoms with Crippen LogP contribution >= 0.6 is 0 Å². The standard InChI is InChI=1S/C15H24N2O2/c1-11(2)14(7-8-18)17-15(19)16-10-13-6-4-5-12(3)9-13/h4-6,9,11,14,18H,7-8,10H2,1-3H3,(H2,16,17,19). The fourth-order valence-electron chi connectivity index (χ4n) is 1.94. The zero-order chi connectivity index (χ0) is 14.3. The first-order valence-electron chi connectivity index (χ1n) is 6.73. The number of amides is 2. The predicted molar refractivity (Wildman–Crippen MR) is 76.9 cm³/mol. The monoisotopic (exact) mass is 264 g/mol. The number of urea groups is 1. The van der Waals surface area contributed by atoms with Crippen molar-refractivity contribution in [2.24, 2.45) is 5.92 Å². The van der Waals surface area contributed by atoms with E-state index in [-0.39, 0.29) is 18.7 Å². The quantitative estimate of drug-likeness (QED) is 0.737. The summed E-state index contributed by atoms with van der Waals surface area (Å²) in [6.45, 7) is 6.68. The summed E-state index contributed by atoms with van der Waals surface area (Å²) in [5, 5.41) is 14.7. The zero-order valence-electron chi connectivity index (χ0n) is 11.9. The van der Waals surface area contributed by atoms with Crippen molar-refractivity contribution in [2.75, 3.05) is 6.61 Å². The Morgan fingerprint density at radius 1 is 1.37 bits per heavy atom. The van der Waals surface area contributed by atoms with Crippen LogP contribution in [0.2, 0.25) is 0 Å². The lowest BCUT2D eigenvalue weighted by atomic mass is 10.0. The van der Waals surface area contributed by atoms with Crippen molar-refractivity contribution >= 4 is 6.03 Å². The van der Waals surface area contributed by atoms with Crippen LogP contribution in [0.3, 0.4) is 0 Å². The highest BCUT2D eigenvalue weighted by Crippen LogP contribution is 2.06. The molecule has 0 bridgehead atoms. The van der Waals surface area contributed by atoms with Gasteiger partial charge in [-0.05, 0) is 24.8 Å². The van der Waals surface area contributed by atoms with Gasteiger partial charge in [0.1, 0.15) is 0 Å². The zero-order valence-corrected chi connectivity index (χ0v) is 11.9. The van der Waals surface area contributed by atoms with Gasteiger partial charge in [0.25, 0.3) is 0 Å². The lowest BCUT2D eigenvalue weighted by Gasteiger charge is -2.21. The second kappa shape index (κ2) is 7.79. The van der Waals surface area contributed by atoms with Crippen LogP contribution in [0.1, 0.15) is 31.4 Å². The van der Waals surface area contributed by atoms with Crippen LogP contribution in [0.5, 0.6) is 0 Å². The van der Waals surface area contributed by atoms with Crippen LogP contribution in [-0.2, 0) is 6.54 Å². The van der Waals surface area contributed by atoms with E-state index in [1.807, 2.05) is 45.0 Å². The number of aliphatic hydroxyl groups excluding tert-OH is 1. The number of rotatable bonds is 6. The number of aryl methyl sites for hydroxylation is 1. The number of aliphatic hydroxyl groups is 1. The lowest BCUT2D eigenvalue weighted by Crippen LogP contribution is -2.44.